The fourth-order valence-corrected chi connectivity index (χ4v) is 5.19. The van der Waals surface area contributed by atoms with Crippen LogP contribution in [0.3, 0.4) is 0 Å². The van der Waals surface area contributed by atoms with Crippen molar-refractivity contribution in [1.82, 2.24) is 15.1 Å². The highest BCUT2D eigenvalue weighted by Gasteiger charge is 2.23. The van der Waals surface area contributed by atoms with Crippen LogP contribution in [0.25, 0.3) is 22.0 Å². The summed E-state index contributed by atoms with van der Waals surface area (Å²) < 4.78 is 6.20. The van der Waals surface area contributed by atoms with Gasteiger partial charge in [0.2, 0.25) is 0 Å². The van der Waals surface area contributed by atoms with E-state index < -0.39 is 0 Å². The maximum Gasteiger partial charge on any atom is 0.119 e. The first-order chi connectivity index (χ1) is 17.1. The summed E-state index contributed by atoms with van der Waals surface area (Å²) in [5.41, 5.74) is 7.29. The Morgan fingerprint density at radius 3 is 2.51 bits per heavy atom. The summed E-state index contributed by atoms with van der Waals surface area (Å²) in [5, 5.41) is 8.40. The van der Waals surface area contributed by atoms with Crippen LogP contribution in [0.15, 0.2) is 79.0 Å². The summed E-state index contributed by atoms with van der Waals surface area (Å²) in [5.74, 6) is 1.72. The zero-order valence-electron chi connectivity index (χ0n) is 21.0. The lowest BCUT2D eigenvalue weighted by Crippen LogP contribution is -2.35. The van der Waals surface area contributed by atoms with Gasteiger partial charge in [0.1, 0.15) is 12.4 Å². The van der Waals surface area contributed by atoms with Gasteiger partial charge < -0.3 is 4.74 Å². The molecule has 1 aliphatic heterocycles. The maximum atomic E-state index is 6.20. The van der Waals surface area contributed by atoms with Crippen LogP contribution in [-0.2, 0) is 0 Å². The van der Waals surface area contributed by atoms with Gasteiger partial charge in [0.15, 0.2) is 0 Å². The van der Waals surface area contributed by atoms with Gasteiger partial charge in [-0.3, -0.25) is 10.00 Å². The number of aromatic nitrogens is 2. The van der Waals surface area contributed by atoms with Gasteiger partial charge in [-0.2, -0.15) is 5.10 Å². The Morgan fingerprint density at radius 2 is 1.80 bits per heavy atom. The summed E-state index contributed by atoms with van der Waals surface area (Å²) in [6.07, 6.45) is 4.12. The first-order valence-corrected chi connectivity index (χ1v) is 12.8. The van der Waals surface area contributed by atoms with Crippen molar-refractivity contribution in [3.05, 3.63) is 95.7 Å². The van der Waals surface area contributed by atoms with Crippen molar-refractivity contribution in [1.29, 1.82) is 0 Å². The lowest BCUT2D eigenvalue weighted by molar-refractivity contribution is 0.169. The summed E-state index contributed by atoms with van der Waals surface area (Å²) in [6.45, 7) is 9.91. The molecule has 0 spiro atoms. The molecule has 5 rings (SSSR count). The highest BCUT2D eigenvalue weighted by Crippen LogP contribution is 2.36. The number of benzene rings is 3. The minimum absolute atomic E-state index is 0.432. The molecule has 4 nitrogen and oxygen atoms in total. The molecule has 2 heterocycles. The van der Waals surface area contributed by atoms with Crippen LogP contribution in [0.4, 0.5) is 0 Å². The van der Waals surface area contributed by atoms with Crippen molar-refractivity contribution >= 4 is 22.0 Å². The number of likely N-dealkylation sites (tertiary alicyclic amines) is 1. The third kappa shape index (κ3) is 5.18. The third-order valence-electron chi connectivity index (χ3n) is 7.22. The fourth-order valence-electron chi connectivity index (χ4n) is 5.19. The van der Waals surface area contributed by atoms with Crippen LogP contribution in [-0.4, -0.2) is 40.8 Å². The van der Waals surface area contributed by atoms with Gasteiger partial charge in [-0.15, -0.1) is 0 Å². The van der Waals surface area contributed by atoms with E-state index in [2.05, 4.69) is 109 Å². The molecule has 35 heavy (non-hydrogen) atoms. The summed E-state index contributed by atoms with van der Waals surface area (Å²) >= 11 is 0. The number of H-pyrrole nitrogens is 1. The quantitative estimate of drug-likeness (QED) is 0.284. The van der Waals surface area contributed by atoms with E-state index in [0.29, 0.717) is 6.04 Å². The van der Waals surface area contributed by atoms with E-state index in [4.69, 9.17) is 4.74 Å². The van der Waals surface area contributed by atoms with Crippen LogP contribution in [0, 0.1) is 5.92 Å². The fraction of sp³-hybridized carbons (Fsp3) is 0.323. The molecule has 180 valence electrons. The Labute approximate surface area is 208 Å². The smallest absolute Gasteiger partial charge is 0.119 e. The number of fused-ring (bicyclic) bond motifs is 1. The molecule has 0 bridgehead atoms. The predicted octanol–water partition coefficient (Wildman–Crippen LogP) is 7.04. The Balaban J connectivity index is 1.45. The van der Waals surface area contributed by atoms with E-state index in [1.54, 1.807) is 0 Å². The van der Waals surface area contributed by atoms with E-state index in [-0.39, 0.29) is 0 Å². The van der Waals surface area contributed by atoms with E-state index in [1.807, 2.05) is 6.20 Å². The zero-order valence-corrected chi connectivity index (χ0v) is 21.0. The van der Waals surface area contributed by atoms with E-state index in [9.17, 15) is 0 Å². The second-order valence-electron chi connectivity index (χ2n) is 9.82. The van der Waals surface area contributed by atoms with Crippen LogP contribution >= 0.6 is 0 Å². The number of nitrogens with zero attached hydrogens (tertiary/aromatic N) is 2. The summed E-state index contributed by atoms with van der Waals surface area (Å²) in [6, 6.07) is 26.3. The molecule has 1 aromatic heterocycles. The van der Waals surface area contributed by atoms with Crippen molar-refractivity contribution in [2.45, 2.75) is 39.7 Å². The number of hydrogen-bond donors (Lipinski definition) is 1. The van der Waals surface area contributed by atoms with Crippen molar-refractivity contribution in [3.63, 3.8) is 0 Å². The lowest BCUT2D eigenvalue weighted by atomic mass is 9.88. The number of aromatic amines is 1. The number of allylic oxidation sites excluding steroid dienone is 1. The maximum absolute atomic E-state index is 6.20. The average Bonchev–Trinajstić information content (AvgIpc) is 3.55. The van der Waals surface area contributed by atoms with E-state index in [1.165, 1.54) is 47.3 Å². The molecule has 0 amide bonds. The van der Waals surface area contributed by atoms with Gasteiger partial charge in [-0.25, -0.2) is 0 Å². The lowest BCUT2D eigenvalue weighted by Gasteiger charge is -2.24. The molecule has 2 atom stereocenters. The Bertz CT molecular complexity index is 1290. The molecule has 4 heteroatoms. The average molecular weight is 466 g/mol. The first kappa shape index (κ1) is 23.4. The molecular formula is C31H35N3O. The Kier molecular flexibility index (Phi) is 7.01. The van der Waals surface area contributed by atoms with Crippen LogP contribution in [0.5, 0.6) is 5.75 Å². The number of ether oxygens (including phenoxy) is 1. The number of hydrogen-bond acceptors (Lipinski definition) is 3. The molecule has 0 saturated carbocycles. The van der Waals surface area contributed by atoms with Gasteiger partial charge in [0.05, 0.1) is 11.7 Å². The molecule has 1 aliphatic rings. The SMILES string of the molecule is CCC(=C(c1ccc(OC[C@H](C)N2CC[C@@H](C)C2)cc1)c1ccc2[nH]ncc2c1)c1ccccc1. The highest BCUT2D eigenvalue weighted by atomic mass is 16.5. The molecule has 0 aliphatic carbocycles. The monoisotopic (exact) mass is 465 g/mol. The van der Waals surface area contributed by atoms with E-state index >= 15 is 0 Å². The molecule has 1 fully saturated rings. The van der Waals surface area contributed by atoms with Crippen LogP contribution < -0.4 is 4.74 Å². The zero-order chi connectivity index (χ0) is 24.2. The Hall–Kier alpha value is -3.37. The van der Waals surface area contributed by atoms with Gasteiger partial charge >= 0.3 is 0 Å². The molecular weight excluding hydrogens is 430 g/mol. The predicted molar refractivity (Wildman–Crippen MR) is 145 cm³/mol. The Morgan fingerprint density at radius 1 is 1.03 bits per heavy atom. The normalized spacial score (nSPS) is 18.0. The minimum Gasteiger partial charge on any atom is -0.492 e. The molecule has 1 N–H and O–H groups in total. The van der Waals surface area contributed by atoms with Crippen molar-refractivity contribution < 1.29 is 4.74 Å². The summed E-state index contributed by atoms with van der Waals surface area (Å²) in [4.78, 5) is 2.54. The van der Waals surface area contributed by atoms with Crippen LogP contribution in [0.1, 0.15) is 50.3 Å². The second kappa shape index (κ2) is 10.5. The van der Waals surface area contributed by atoms with E-state index in [0.717, 1.165) is 35.6 Å². The van der Waals surface area contributed by atoms with Crippen molar-refractivity contribution in [2.24, 2.45) is 5.92 Å². The summed E-state index contributed by atoms with van der Waals surface area (Å²) in [7, 11) is 0. The third-order valence-corrected chi connectivity index (χ3v) is 7.22. The van der Waals surface area contributed by atoms with Gasteiger partial charge in [0, 0.05) is 18.0 Å². The standard InChI is InChI=1S/C31H35N3O/c1-4-29(24-8-6-5-7-9-24)31(26-12-15-30-27(18-26)19-32-33-30)25-10-13-28(14-11-25)35-21-23(3)34-17-16-22(2)20-34/h5-15,18-19,22-23H,4,16-17,20-21H2,1-3H3,(H,32,33)/t22-,23+/m1/s1. The molecule has 4 aromatic rings. The molecule has 0 unspecified atom stereocenters. The topological polar surface area (TPSA) is 41.1 Å². The molecule has 1 saturated heterocycles. The molecule has 0 radical (unpaired) electrons. The van der Waals surface area contributed by atoms with Crippen molar-refractivity contribution in [2.75, 3.05) is 19.7 Å². The molecule has 3 aromatic carbocycles. The van der Waals surface area contributed by atoms with Crippen molar-refractivity contribution in [3.8, 4) is 5.75 Å². The number of rotatable bonds is 8. The number of nitrogens with one attached hydrogen (secondary N) is 1. The largest absolute Gasteiger partial charge is 0.492 e. The first-order valence-electron chi connectivity index (χ1n) is 12.8. The minimum atomic E-state index is 0.432. The second-order valence-corrected chi connectivity index (χ2v) is 9.82. The van der Waals surface area contributed by atoms with Gasteiger partial charge in [0.25, 0.3) is 0 Å². The van der Waals surface area contributed by atoms with Gasteiger partial charge in [-0.05, 0) is 84.3 Å². The highest BCUT2D eigenvalue weighted by molar-refractivity contribution is 6.00. The van der Waals surface area contributed by atoms with Crippen LogP contribution in [0.2, 0.25) is 0 Å². The van der Waals surface area contributed by atoms with Gasteiger partial charge in [-0.1, -0.05) is 62.4 Å².